The molecule has 0 spiro atoms. The van der Waals surface area contributed by atoms with Crippen molar-refractivity contribution >= 4 is 11.1 Å². The van der Waals surface area contributed by atoms with Crippen molar-refractivity contribution in [2.24, 2.45) is 0 Å². The van der Waals surface area contributed by atoms with Crippen LogP contribution in [0.3, 0.4) is 0 Å². The van der Waals surface area contributed by atoms with Gasteiger partial charge in [-0.15, -0.1) is 0 Å². The molecule has 1 heterocycles. The molecule has 0 aliphatic rings. The van der Waals surface area contributed by atoms with Gasteiger partial charge < -0.3 is 14.3 Å². The molecule has 2 aromatic carbocycles. The van der Waals surface area contributed by atoms with E-state index < -0.39 is 0 Å². The van der Waals surface area contributed by atoms with Crippen molar-refractivity contribution in [2.75, 3.05) is 0 Å². The highest BCUT2D eigenvalue weighted by molar-refractivity contribution is 5.76. The average molecular weight is 283 g/mol. The number of aliphatic hydroxyl groups excluding tert-OH is 1. The third-order valence-corrected chi connectivity index (χ3v) is 3.11. The normalized spacial score (nSPS) is 11.2. The lowest BCUT2D eigenvalue weighted by atomic mass is 10.2. The van der Waals surface area contributed by atoms with Crippen LogP contribution in [0.1, 0.15) is 19.4 Å². The molecular weight excluding hydrogens is 266 g/mol. The highest BCUT2D eigenvalue weighted by Crippen LogP contribution is 2.26. The second kappa shape index (κ2) is 5.58. The molecule has 0 aliphatic heterocycles. The fraction of sp³-hybridized carbons (Fsp3) is 0.235. The molecule has 0 amide bonds. The maximum absolute atomic E-state index is 9.15. The lowest BCUT2D eigenvalue weighted by Gasteiger charge is -2.09. The molecular formula is C17H17NO3. The minimum Gasteiger partial charge on any atom is -0.491 e. The van der Waals surface area contributed by atoms with Gasteiger partial charge in [0.25, 0.3) is 0 Å². The summed E-state index contributed by atoms with van der Waals surface area (Å²) in [5, 5.41) is 9.15. The second-order valence-electron chi connectivity index (χ2n) is 5.17. The zero-order valence-corrected chi connectivity index (χ0v) is 12.0. The highest BCUT2D eigenvalue weighted by atomic mass is 16.5. The predicted molar refractivity (Wildman–Crippen MR) is 81.1 cm³/mol. The standard InChI is InChI=1S/C17H17NO3/c1-11(2)20-14-6-4-13(5-7-14)17-18-15-8-3-12(10-19)9-16(15)21-17/h3-9,11,19H,10H2,1-2H3. The molecule has 3 aromatic rings. The summed E-state index contributed by atoms with van der Waals surface area (Å²) in [6, 6.07) is 13.2. The predicted octanol–water partition coefficient (Wildman–Crippen LogP) is 3.77. The fourth-order valence-corrected chi connectivity index (χ4v) is 2.14. The molecule has 0 unspecified atom stereocenters. The Balaban J connectivity index is 1.92. The Kier molecular flexibility index (Phi) is 3.62. The first-order valence-corrected chi connectivity index (χ1v) is 6.93. The van der Waals surface area contributed by atoms with Crippen LogP contribution in [0.5, 0.6) is 5.75 Å². The molecule has 4 heteroatoms. The second-order valence-corrected chi connectivity index (χ2v) is 5.17. The largest absolute Gasteiger partial charge is 0.491 e. The van der Waals surface area contributed by atoms with E-state index in [2.05, 4.69) is 4.98 Å². The number of hydrogen-bond donors (Lipinski definition) is 1. The molecule has 0 aliphatic carbocycles. The van der Waals surface area contributed by atoms with E-state index in [0.29, 0.717) is 11.5 Å². The van der Waals surface area contributed by atoms with Crippen molar-refractivity contribution in [1.82, 2.24) is 4.98 Å². The van der Waals surface area contributed by atoms with Crippen LogP contribution in [0, 0.1) is 0 Å². The van der Waals surface area contributed by atoms with Crippen LogP contribution < -0.4 is 4.74 Å². The molecule has 108 valence electrons. The van der Waals surface area contributed by atoms with Crippen LogP contribution in [0.15, 0.2) is 46.9 Å². The lowest BCUT2D eigenvalue weighted by Crippen LogP contribution is -2.05. The van der Waals surface area contributed by atoms with Gasteiger partial charge in [-0.3, -0.25) is 0 Å². The Hall–Kier alpha value is -2.33. The lowest BCUT2D eigenvalue weighted by molar-refractivity contribution is 0.242. The van der Waals surface area contributed by atoms with Gasteiger partial charge in [-0.25, -0.2) is 4.98 Å². The zero-order valence-electron chi connectivity index (χ0n) is 12.0. The number of oxazole rings is 1. The summed E-state index contributed by atoms with van der Waals surface area (Å²) in [5.41, 5.74) is 3.17. The highest BCUT2D eigenvalue weighted by Gasteiger charge is 2.09. The van der Waals surface area contributed by atoms with E-state index in [1.54, 1.807) is 0 Å². The van der Waals surface area contributed by atoms with Gasteiger partial charge in [-0.1, -0.05) is 6.07 Å². The van der Waals surface area contributed by atoms with Crippen molar-refractivity contribution in [2.45, 2.75) is 26.6 Å². The first kappa shape index (κ1) is 13.6. The Morgan fingerprint density at radius 1 is 1.14 bits per heavy atom. The topological polar surface area (TPSA) is 55.5 Å². The van der Waals surface area contributed by atoms with Crippen LogP contribution in [-0.4, -0.2) is 16.2 Å². The fourth-order valence-electron chi connectivity index (χ4n) is 2.14. The Labute approximate surface area is 123 Å². The number of rotatable bonds is 4. The number of fused-ring (bicyclic) bond motifs is 1. The van der Waals surface area contributed by atoms with Gasteiger partial charge in [0, 0.05) is 5.56 Å². The van der Waals surface area contributed by atoms with Crippen LogP contribution in [0.2, 0.25) is 0 Å². The van der Waals surface area contributed by atoms with Gasteiger partial charge in [0.15, 0.2) is 5.58 Å². The average Bonchev–Trinajstić information content (AvgIpc) is 2.90. The van der Waals surface area contributed by atoms with Crippen molar-refractivity contribution < 1.29 is 14.3 Å². The molecule has 3 rings (SSSR count). The van der Waals surface area contributed by atoms with Gasteiger partial charge in [0.1, 0.15) is 11.3 Å². The molecule has 0 atom stereocenters. The van der Waals surface area contributed by atoms with Crippen molar-refractivity contribution in [3.8, 4) is 17.2 Å². The third-order valence-electron chi connectivity index (χ3n) is 3.11. The van der Waals surface area contributed by atoms with Gasteiger partial charge >= 0.3 is 0 Å². The van der Waals surface area contributed by atoms with Crippen LogP contribution >= 0.6 is 0 Å². The maximum atomic E-state index is 9.15. The van der Waals surface area contributed by atoms with Crippen molar-refractivity contribution in [3.05, 3.63) is 48.0 Å². The molecule has 4 nitrogen and oxygen atoms in total. The molecule has 0 saturated heterocycles. The van der Waals surface area contributed by atoms with Gasteiger partial charge in [-0.2, -0.15) is 0 Å². The molecule has 0 fully saturated rings. The first-order chi connectivity index (χ1) is 10.2. The van der Waals surface area contributed by atoms with E-state index in [1.807, 2.05) is 56.3 Å². The third kappa shape index (κ3) is 2.90. The SMILES string of the molecule is CC(C)Oc1ccc(-c2nc3ccc(CO)cc3o2)cc1. The zero-order chi connectivity index (χ0) is 14.8. The summed E-state index contributed by atoms with van der Waals surface area (Å²) in [4.78, 5) is 4.46. The summed E-state index contributed by atoms with van der Waals surface area (Å²) < 4.78 is 11.4. The van der Waals surface area contributed by atoms with Crippen LogP contribution in [0.25, 0.3) is 22.6 Å². The monoisotopic (exact) mass is 283 g/mol. The molecule has 1 aromatic heterocycles. The first-order valence-electron chi connectivity index (χ1n) is 6.93. The summed E-state index contributed by atoms with van der Waals surface area (Å²) in [5.74, 6) is 1.39. The molecule has 1 N–H and O–H groups in total. The van der Waals surface area contributed by atoms with E-state index in [0.717, 1.165) is 22.4 Å². The number of benzene rings is 2. The minimum atomic E-state index is -0.00673. The Morgan fingerprint density at radius 3 is 2.57 bits per heavy atom. The summed E-state index contributed by atoms with van der Waals surface area (Å²) in [7, 11) is 0. The van der Waals surface area contributed by atoms with E-state index in [1.165, 1.54) is 0 Å². The molecule has 0 saturated carbocycles. The van der Waals surface area contributed by atoms with E-state index in [4.69, 9.17) is 14.3 Å². The number of nitrogens with zero attached hydrogens (tertiary/aromatic N) is 1. The Morgan fingerprint density at radius 2 is 1.90 bits per heavy atom. The van der Waals surface area contributed by atoms with Crippen molar-refractivity contribution in [1.29, 1.82) is 0 Å². The van der Waals surface area contributed by atoms with Gasteiger partial charge in [0.05, 0.1) is 12.7 Å². The van der Waals surface area contributed by atoms with E-state index in [-0.39, 0.29) is 12.7 Å². The molecule has 0 bridgehead atoms. The van der Waals surface area contributed by atoms with E-state index >= 15 is 0 Å². The summed E-state index contributed by atoms with van der Waals surface area (Å²) >= 11 is 0. The molecule has 21 heavy (non-hydrogen) atoms. The summed E-state index contributed by atoms with van der Waals surface area (Å²) in [6.07, 6.45) is 0.150. The maximum Gasteiger partial charge on any atom is 0.227 e. The number of hydrogen-bond acceptors (Lipinski definition) is 4. The summed E-state index contributed by atoms with van der Waals surface area (Å²) in [6.45, 7) is 3.98. The van der Waals surface area contributed by atoms with Crippen LogP contribution in [0.4, 0.5) is 0 Å². The minimum absolute atomic E-state index is 0.00673. The van der Waals surface area contributed by atoms with Gasteiger partial charge in [-0.05, 0) is 55.8 Å². The van der Waals surface area contributed by atoms with Gasteiger partial charge in [0.2, 0.25) is 5.89 Å². The Bertz CT molecular complexity index is 744. The van der Waals surface area contributed by atoms with E-state index in [9.17, 15) is 0 Å². The smallest absolute Gasteiger partial charge is 0.227 e. The number of aromatic nitrogens is 1. The van der Waals surface area contributed by atoms with Crippen molar-refractivity contribution in [3.63, 3.8) is 0 Å². The number of aliphatic hydroxyl groups is 1. The molecule has 0 radical (unpaired) electrons. The number of ether oxygens (including phenoxy) is 1. The van der Waals surface area contributed by atoms with Crippen LogP contribution in [-0.2, 0) is 6.61 Å². The quantitative estimate of drug-likeness (QED) is 0.791.